The Morgan fingerprint density at radius 2 is 1.96 bits per heavy atom. The van der Waals surface area contributed by atoms with Crippen LogP contribution in [0, 0.1) is 0 Å². The Balaban J connectivity index is 1.73. The van der Waals surface area contributed by atoms with Crippen LogP contribution in [-0.2, 0) is 9.53 Å². The zero-order chi connectivity index (χ0) is 16.9. The first-order valence-corrected chi connectivity index (χ1v) is 8.51. The number of hydrogen-bond acceptors (Lipinski definition) is 3. The second-order valence-corrected chi connectivity index (χ2v) is 6.27. The van der Waals surface area contributed by atoms with Crippen LogP contribution in [0.3, 0.4) is 0 Å². The van der Waals surface area contributed by atoms with Crippen LogP contribution in [0.25, 0.3) is 10.9 Å². The Morgan fingerprint density at radius 3 is 2.71 bits per heavy atom. The molecule has 6 heteroatoms. The summed E-state index contributed by atoms with van der Waals surface area (Å²) in [6.45, 7) is 3.13. The number of piperidine rings is 1. The van der Waals surface area contributed by atoms with Gasteiger partial charge >= 0.3 is 5.97 Å². The van der Waals surface area contributed by atoms with E-state index in [-0.39, 0.29) is 11.6 Å². The fourth-order valence-corrected chi connectivity index (χ4v) is 3.32. The number of ether oxygens (including phenoxy) is 1. The number of aromatic nitrogens is 1. The highest BCUT2D eigenvalue weighted by molar-refractivity contribution is 6.10. The second kappa shape index (κ2) is 7.49. The number of hydrogen-bond donors (Lipinski definition) is 3. The number of aromatic amines is 1. The van der Waals surface area contributed by atoms with Gasteiger partial charge in [-0.25, -0.2) is 4.79 Å². The van der Waals surface area contributed by atoms with Crippen LogP contribution in [0.4, 0.5) is 5.69 Å². The molecule has 3 rings (SSSR count). The van der Waals surface area contributed by atoms with Crippen LogP contribution in [-0.4, -0.2) is 43.6 Å². The van der Waals surface area contributed by atoms with Crippen LogP contribution in [0.1, 0.15) is 36.2 Å². The van der Waals surface area contributed by atoms with Crippen molar-refractivity contribution in [3.05, 3.63) is 30.0 Å². The van der Waals surface area contributed by atoms with Crippen molar-refractivity contribution < 1.29 is 19.2 Å². The first kappa shape index (κ1) is 16.5. The molecule has 0 bridgehead atoms. The Morgan fingerprint density at radius 1 is 1.21 bits per heavy atom. The van der Waals surface area contributed by atoms with Crippen molar-refractivity contribution in [1.82, 2.24) is 4.98 Å². The van der Waals surface area contributed by atoms with E-state index in [9.17, 15) is 9.59 Å². The largest absolute Gasteiger partial charge is 0.464 e. The lowest BCUT2D eigenvalue weighted by molar-refractivity contribution is -0.904. The predicted molar refractivity (Wildman–Crippen MR) is 92.3 cm³/mol. The zero-order valence-corrected chi connectivity index (χ0v) is 14.0. The molecule has 1 aromatic carbocycles. The standard InChI is InChI=1S/C18H23N3O3/c1-24-18(23)17-16(13-7-3-4-8-14(13)19-17)20-15(22)9-12-21-10-5-2-6-11-21/h3-4,7-8,19H,2,5-6,9-12H2,1H3,(H,20,22)/p+1. The molecule has 1 aliphatic rings. The number of H-pyrrole nitrogens is 1. The summed E-state index contributed by atoms with van der Waals surface area (Å²) in [5.74, 6) is -0.550. The SMILES string of the molecule is COC(=O)c1[nH]c2ccccc2c1NC(=O)CC[NH+]1CCCCC1. The highest BCUT2D eigenvalue weighted by atomic mass is 16.5. The number of esters is 1. The van der Waals surface area contributed by atoms with Gasteiger partial charge in [-0.3, -0.25) is 4.79 Å². The van der Waals surface area contributed by atoms with E-state index < -0.39 is 5.97 Å². The highest BCUT2D eigenvalue weighted by Gasteiger charge is 2.21. The molecule has 1 amide bonds. The van der Waals surface area contributed by atoms with E-state index in [4.69, 9.17) is 4.74 Å². The monoisotopic (exact) mass is 330 g/mol. The smallest absolute Gasteiger partial charge is 0.356 e. The molecule has 3 N–H and O–H groups in total. The summed E-state index contributed by atoms with van der Waals surface area (Å²) in [7, 11) is 1.33. The number of anilines is 1. The van der Waals surface area contributed by atoms with E-state index >= 15 is 0 Å². The second-order valence-electron chi connectivity index (χ2n) is 6.27. The number of para-hydroxylation sites is 1. The molecule has 0 unspecified atom stereocenters. The third-order valence-corrected chi connectivity index (χ3v) is 4.63. The van der Waals surface area contributed by atoms with Crippen molar-refractivity contribution in [2.45, 2.75) is 25.7 Å². The van der Waals surface area contributed by atoms with Gasteiger partial charge in [0.05, 0.1) is 38.9 Å². The number of methoxy groups -OCH3 is 1. The van der Waals surface area contributed by atoms with Crippen molar-refractivity contribution in [3.63, 3.8) is 0 Å². The third kappa shape index (κ3) is 3.59. The average Bonchev–Trinajstić information content (AvgIpc) is 2.99. The van der Waals surface area contributed by atoms with Gasteiger partial charge in [-0.05, 0) is 25.3 Å². The molecule has 0 atom stereocenters. The maximum absolute atomic E-state index is 12.4. The zero-order valence-electron chi connectivity index (χ0n) is 14.0. The number of carbonyl (C=O) groups is 2. The molecule has 6 nitrogen and oxygen atoms in total. The summed E-state index contributed by atoms with van der Waals surface area (Å²) in [5.41, 5.74) is 1.60. The van der Waals surface area contributed by atoms with E-state index in [1.165, 1.54) is 31.3 Å². The average molecular weight is 330 g/mol. The lowest BCUT2D eigenvalue weighted by Crippen LogP contribution is -3.12. The van der Waals surface area contributed by atoms with Crippen LogP contribution in [0.5, 0.6) is 0 Å². The number of nitrogens with one attached hydrogen (secondary N) is 3. The van der Waals surface area contributed by atoms with Crippen LogP contribution < -0.4 is 10.2 Å². The maximum Gasteiger partial charge on any atom is 0.356 e. The molecule has 0 radical (unpaired) electrons. The third-order valence-electron chi connectivity index (χ3n) is 4.63. The van der Waals surface area contributed by atoms with Crippen molar-refractivity contribution in [2.24, 2.45) is 0 Å². The summed E-state index contributed by atoms with van der Waals surface area (Å²) in [5, 5.41) is 3.72. The number of benzene rings is 1. The number of carbonyl (C=O) groups excluding carboxylic acids is 2. The number of likely N-dealkylation sites (tertiary alicyclic amines) is 1. The molecule has 0 spiro atoms. The molecular weight excluding hydrogens is 306 g/mol. The summed E-state index contributed by atoms with van der Waals surface area (Å²) in [6.07, 6.45) is 4.24. The van der Waals surface area contributed by atoms with Gasteiger partial charge in [0.1, 0.15) is 5.69 Å². The first-order chi connectivity index (χ1) is 11.7. The van der Waals surface area contributed by atoms with Gasteiger partial charge in [-0.1, -0.05) is 18.2 Å². The summed E-state index contributed by atoms with van der Waals surface area (Å²) < 4.78 is 4.82. The van der Waals surface area contributed by atoms with Gasteiger partial charge in [0.15, 0.2) is 0 Å². The minimum Gasteiger partial charge on any atom is -0.464 e. The molecule has 1 fully saturated rings. The lowest BCUT2D eigenvalue weighted by atomic mass is 10.1. The molecule has 1 aliphatic heterocycles. The maximum atomic E-state index is 12.4. The van der Waals surface area contributed by atoms with Crippen LogP contribution >= 0.6 is 0 Å². The van der Waals surface area contributed by atoms with Gasteiger partial charge in [0, 0.05) is 10.9 Å². The molecular formula is C18H24N3O3+. The summed E-state index contributed by atoms with van der Waals surface area (Å²) >= 11 is 0. The molecule has 2 heterocycles. The topological polar surface area (TPSA) is 75.6 Å². The van der Waals surface area contributed by atoms with Crippen molar-refractivity contribution in [3.8, 4) is 0 Å². The molecule has 24 heavy (non-hydrogen) atoms. The van der Waals surface area contributed by atoms with E-state index in [1.807, 2.05) is 24.3 Å². The Labute approximate surface area is 141 Å². The van der Waals surface area contributed by atoms with E-state index in [0.29, 0.717) is 12.1 Å². The summed E-state index contributed by atoms with van der Waals surface area (Å²) in [6, 6.07) is 7.51. The number of quaternary nitrogens is 1. The molecule has 0 aliphatic carbocycles. The lowest BCUT2D eigenvalue weighted by Gasteiger charge is -2.23. The number of amides is 1. The van der Waals surface area contributed by atoms with Gasteiger partial charge in [0.25, 0.3) is 0 Å². The molecule has 128 valence electrons. The minimum absolute atomic E-state index is 0.0667. The van der Waals surface area contributed by atoms with Crippen LogP contribution in [0.2, 0.25) is 0 Å². The number of rotatable bonds is 5. The fraction of sp³-hybridized carbons (Fsp3) is 0.444. The van der Waals surface area contributed by atoms with Crippen molar-refractivity contribution >= 4 is 28.5 Å². The Kier molecular flexibility index (Phi) is 5.15. The number of fused-ring (bicyclic) bond motifs is 1. The van der Waals surface area contributed by atoms with E-state index in [2.05, 4.69) is 10.3 Å². The first-order valence-electron chi connectivity index (χ1n) is 8.51. The predicted octanol–water partition coefficient (Wildman–Crippen LogP) is 1.35. The molecule has 1 saturated heterocycles. The minimum atomic E-state index is -0.483. The van der Waals surface area contributed by atoms with E-state index in [1.54, 1.807) is 0 Å². The van der Waals surface area contributed by atoms with Gasteiger partial charge in [0.2, 0.25) is 5.91 Å². The van der Waals surface area contributed by atoms with Crippen molar-refractivity contribution in [2.75, 3.05) is 32.1 Å². The van der Waals surface area contributed by atoms with E-state index in [0.717, 1.165) is 30.5 Å². The van der Waals surface area contributed by atoms with Gasteiger partial charge in [-0.2, -0.15) is 0 Å². The van der Waals surface area contributed by atoms with Gasteiger partial charge < -0.3 is 19.9 Å². The normalized spacial score (nSPS) is 15.4. The molecule has 2 aromatic rings. The molecule has 1 aromatic heterocycles. The highest BCUT2D eigenvalue weighted by Crippen LogP contribution is 2.28. The fourth-order valence-electron chi connectivity index (χ4n) is 3.32. The molecule has 0 saturated carbocycles. The van der Waals surface area contributed by atoms with Gasteiger partial charge in [-0.15, -0.1) is 0 Å². The quantitative estimate of drug-likeness (QED) is 0.725. The Hall–Kier alpha value is -2.34. The van der Waals surface area contributed by atoms with Crippen molar-refractivity contribution in [1.29, 1.82) is 0 Å². The Bertz CT molecular complexity index is 732. The van der Waals surface area contributed by atoms with Crippen LogP contribution in [0.15, 0.2) is 24.3 Å². The summed E-state index contributed by atoms with van der Waals surface area (Å²) in [4.78, 5) is 28.9.